The van der Waals surface area contributed by atoms with Gasteiger partial charge >= 0.3 is 6.03 Å². The van der Waals surface area contributed by atoms with Crippen LogP contribution in [-0.2, 0) is 20.6 Å². The van der Waals surface area contributed by atoms with Gasteiger partial charge in [-0.1, -0.05) is 40.9 Å². The first-order chi connectivity index (χ1) is 22.3. The van der Waals surface area contributed by atoms with Crippen LogP contribution in [0.15, 0.2) is 123 Å². The van der Waals surface area contributed by atoms with E-state index in [2.05, 4.69) is 5.32 Å². The first kappa shape index (κ1) is 34.0. The van der Waals surface area contributed by atoms with E-state index in [-0.39, 0.29) is 37.0 Å². The summed E-state index contributed by atoms with van der Waals surface area (Å²) in [6.07, 6.45) is 0. The summed E-state index contributed by atoms with van der Waals surface area (Å²) in [4.78, 5) is 24.9. The third-order valence-electron chi connectivity index (χ3n) is 6.40. The van der Waals surface area contributed by atoms with Crippen LogP contribution in [0.2, 0.25) is 15.1 Å². The fraction of sp³-hybridized carbons (Fsp3) is 0. The molecule has 0 radical (unpaired) electrons. The van der Waals surface area contributed by atoms with Crippen LogP contribution in [0.5, 0.6) is 11.5 Å². The molecule has 240 valence electrons. The predicted octanol–water partition coefficient (Wildman–Crippen LogP) is 8.68. The van der Waals surface area contributed by atoms with E-state index in [0.717, 1.165) is 18.2 Å². The minimum atomic E-state index is -4.07. The molecule has 0 spiro atoms. The maximum Gasteiger partial charge on any atom is 0.326 e. The molecule has 0 aliphatic carbocycles. The van der Waals surface area contributed by atoms with Gasteiger partial charge in [0.1, 0.15) is 28.7 Å². The Bertz CT molecular complexity index is 2130. The Kier molecular flexibility index (Phi) is 10.3. The Hall–Kier alpha value is -4.33. The number of carbonyl (C=O) groups is 2. The quantitative estimate of drug-likeness (QED) is 0.165. The summed E-state index contributed by atoms with van der Waals surface area (Å²) < 4.78 is 73.0. The minimum Gasteiger partial charge on any atom is -0.456 e. The molecule has 15 heteroatoms. The topological polar surface area (TPSA) is 119 Å². The summed E-state index contributed by atoms with van der Waals surface area (Å²) in [6.45, 7) is 0. The molecule has 1 unspecified atom stereocenters. The Morgan fingerprint density at radius 2 is 1.38 bits per heavy atom. The van der Waals surface area contributed by atoms with E-state index < -0.39 is 49.8 Å². The second kappa shape index (κ2) is 14.2. The number of imide groups is 1. The number of amides is 3. The van der Waals surface area contributed by atoms with E-state index in [1.165, 1.54) is 60.7 Å². The summed E-state index contributed by atoms with van der Waals surface area (Å²) in [5.74, 6) is -3.17. The SMILES string of the molecule is O=C(NC(=O)c1c(F)cccc1F)Nc1ccc(Oc2ccc(S(=O)(=O)c3ccc(S(=O)c4ccc(Cl)cc4)cc3Cl)cc2)c(Cl)c1. The van der Waals surface area contributed by atoms with E-state index >= 15 is 0 Å². The summed E-state index contributed by atoms with van der Waals surface area (Å²) in [5.41, 5.74) is -0.782. The molecule has 2 N–H and O–H groups in total. The monoisotopic (exact) mass is 734 g/mol. The number of nitrogens with one attached hydrogen (secondary N) is 2. The van der Waals surface area contributed by atoms with Crippen LogP contribution in [0.1, 0.15) is 10.4 Å². The van der Waals surface area contributed by atoms with E-state index in [9.17, 15) is 31.0 Å². The van der Waals surface area contributed by atoms with Crippen LogP contribution in [0, 0.1) is 11.6 Å². The van der Waals surface area contributed by atoms with Gasteiger partial charge in [0.25, 0.3) is 5.91 Å². The lowest BCUT2D eigenvalue weighted by atomic mass is 10.2. The highest BCUT2D eigenvalue weighted by Gasteiger charge is 2.23. The first-order valence-corrected chi connectivity index (χ1v) is 17.0. The van der Waals surface area contributed by atoms with Gasteiger partial charge in [-0.15, -0.1) is 0 Å². The van der Waals surface area contributed by atoms with Crippen molar-refractivity contribution in [1.82, 2.24) is 5.32 Å². The van der Waals surface area contributed by atoms with Gasteiger partial charge in [-0.2, -0.15) is 0 Å². The molecule has 1 atom stereocenters. The van der Waals surface area contributed by atoms with Crippen molar-refractivity contribution in [1.29, 1.82) is 0 Å². The molecular weight excluding hydrogens is 717 g/mol. The number of halogens is 5. The van der Waals surface area contributed by atoms with Gasteiger partial charge in [-0.05, 0) is 97.1 Å². The highest BCUT2D eigenvalue weighted by atomic mass is 35.5. The van der Waals surface area contributed by atoms with Crippen molar-refractivity contribution in [2.24, 2.45) is 0 Å². The molecule has 5 aromatic carbocycles. The summed E-state index contributed by atoms with van der Waals surface area (Å²) in [5, 5.41) is 4.56. The van der Waals surface area contributed by atoms with Gasteiger partial charge in [-0.25, -0.2) is 26.2 Å². The van der Waals surface area contributed by atoms with Gasteiger partial charge in [0, 0.05) is 20.5 Å². The lowest BCUT2D eigenvalue weighted by Gasteiger charge is -2.12. The number of ether oxygens (including phenoxy) is 1. The zero-order chi connectivity index (χ0) is 33.9. The predicted molar refractivity (Wildman–Crippen MR) is 174 cm³/mol. The van der Waals surface area contributed by atoms with Crippen molar-refractivity contribution in [2.45, 2.75) is 19.6 Å². The molecule has 3 amide bonds. The largest absolute Gasteiger partial charge is 0.456 e. The first-order valence-electron chi connectivity index (χ1n) is 13.2. The number of sulfone groups is 1. The van der Waals surface area contributed by atoms with Crippen LogP contribution in [0.3, 0.4) is 0 Å². The maximum absolute atomic E-state index is 13.8. The highest BCUT2D eigenvalue weighted by Crippen LogP contribution is 2.34. The molecule has 0 aromatic heterocycles. The van der Waals surface area contributed by atoms with Crippen molar-refractivity contribution in [3.05, 3.63) is 135 Å². The molecular formula is C32H19Cl3F2N2O6S2. The lowest BCUT2D eigenvalue weighted by Crippen LogP contribution is -2.35. The number of hydrogen-bond acceptors (Lipinski definition) is 6. The summed E-state index contributed by atoms with van der Waals surface area (Å²) in [7, 11) is -5.68. The van der Waals surface area contributed by atoms with E-state index in [1.807, 2.05) is 5.32 Å². The van der Waals surface area contributed by atoms with Crippen molar-refractivity contribution in [3.8, 4) is 11.5 Å². The fourth-order valence-electron chi connectivity index (χ4n) is 4.15. The smallest absolute Gasteiger partial charge is 0.326 e. The molecule has 0 aliphatic rings. The normalized spacial score (nSPS) is 11.9. The minimum absolute atomic E-state index is 0.0360. The zero-order valence-electron chi connectivity index (χ0n) is 23.5. The Morgan fingerprint density at radius 1 is 0.745 bits per heavy atom. The van der Waals surface area contributed by atoms with E-state index in [4.69, 9.17) is 39.5 Å². The van der Waals surface area contributed by atoms with Crippen molar-refractivity contribution >= 4 is 73.1 Å². The molecule has 0 aliphatic heterocycles. The second-order valence-electron chi connectivity index (χ2n) is 9.54. The van der Waals surface area contributed by atoms with E-state index in [0.29, 0.717) is 14.8 Å². The second-order valence-corrected chi connectivity index (χ2v) is 14.2. The zero-order valence-corrected chi connectivity index (χ0v) is 27.4. The highest BCUT2D eigenvalue weighted by molar-refractivity contribution is 7.91. The van der Waals surface area contributed by atoms with Gasteiger partial charge in [0.05, 0.1) is 30.6 Å². The van der Waals surface area contributed by atoms with Crippen LogP contribution >= 0.6 is 34.8 Å². The summed E-state index contributed by atoms with van der Waals surface area (Å²) >= 11 is 18.5. The van der Waals surface area contributed by atoms with Crippen molar-refractivity contribution in [2.75, 3.05) is 5.32 Å². The Labute approximate surface area is 284 Å². The Balaban J connectivity index is 1.24. The molecule has 0 bridgehead atoms. The molecule has 0 fully saturated rings. The third-order valence-corrected chi connectivity index (χ3v) is 10.6. The molecule has 47 heavy (non-hydrogen) atoms. The number of anilines is 1. The number of hydrogen-bond donors (Lipinski definition) is 2. The van der Waals surface area contributed by atoms with Gasteiger partial charge in [-0.3, -0.25) is 10.1 Å². The average Bonchev–Trinajstić information content (AvgIpc) is 3.02. The van der Waals surface area contributed by atoms with Crippen LogP contribution < -0.4 is 15.4 Å². The standard InChI is InChI=1S/C32H19Cl3F2N2O6S2/c33-18-4-9-21(10-5-18)46(42)22-11-15-29(25(35)17-22)47(43,44)23-12-7-20(8-13-23)45-28-14-6-19(16-24(28)34)38-32(41)39-31(40)30-26(36)2-1-3-27(30)37/h1-17H,(H2,38,39,40,41). The Morgan fingerprint density at radius 3 is 2.00 bits per heavy atom. The fourth-order valence-corrected chi connectivity index (χ4v) is 7.43. The molecule has 0 saturated carbocycles. The van der Waals surface area contributed by atoms with Crippen LogP contribution in [0.4, 0.5) is 19.3 Å². The maximum atomic E-state index is 13.8. The van der Waals surface area contributed by atoms with Crippen molar-refractivity contribution in [3.63, 3.8) is 0 Å². The van der Waals surface area contributed by atoms with Gasteiger partial charge in [0.2, 0.25) is 9.84 Å². The molecule has 0 saturated heterocycles. The molecule has 5 aromatic rings. The molecule has 0 heterocycles. The number of benzene rings is 5. The van der Waals surface area contributed by atoms with Crippen molar-refractivity contribution < 1.29 is 35.7 Å². The third kappa shape index (κ3) is 7.80. The lowest BCUT2D eigenvalue weighted by molar-refractivity contribution is 0.0959. The van der Waals surface area contributed by atoms with Gasteiger partial charge < -0.3 is 10.1 Å². The number of urea groups is 1. The average molecular weight is 736 g/mol. The van der Waals surface area contributed by atoms with Crippen LogP contribution in [0.25, 0.3) is 0 Å². The van der Waals surface area contributed by atoms with E-state index in [1.54, 1.807) is 24.3 Å². The van der Waals surface area contributed by atoms with Gasteiger partial charge in [0.15, 0.2) is 0 Å². The number of carbonyl (C=O) groups excluding carboxylic acids is 2. The van der Waals surface area contributed by atoms with Crippen LogP contribution in [-0.4, -0.2) is 24.6 Å². The summed E-state index contributed by atoms with van der Waals surface area (Å²) in [6, 6.07) is 21.7. The number of rotatable bonds is 8. The molecule has 5 rings (SSSR count). The molecule has 8 nitrogen and oxygen atoms in total.